The smallest absolute Gasteiger partial charge is 0.275 e. The first-order valence-corrected chi connectivity index (χ1v) is 7.47. The largest absolute Gasteiger partial charge is 0.355 e. The van der Waals surface area contributed by atoms with Gasteiger partial charge in [0.1, 0.15) is 12.1 Å². The van der Waals surface area contributed by atoms with Crippen LogP contribution in [-0.4, -0.2) is 30.9 Å². The highest BCUT2D eigenvalue weighted by Crippen LogP contribution is 2.13. The van der Waals surface area contributed by atoms with Crippen molar-refractivity contribution in [3.05, 3.63) is 34.9 Å². The molecule has 0 radical (unpaired) electrons. The van der Waals surface area contributed by atoms with E-state index < -0.39 is 6.04 Å². The van der Waals surface area contributed by atoms with E-state index in [1.807, 2.05) is 43.4 Å². The molecule has 6 heteroatoms. The number of quaternary nitrogens is 1. The molecular formula is C15H23ClN3O2+. The lowest BCUT2D eigenvalue weighted by atomic mass is 10.1. The molecule has 0 aliphatic carbocycles. The fraction of sp³-hybridized carbons (Fsp3) is 0.467. The van der Waals surface area contributed by atoms with Gasteiger partial charge in [0.15, 0.2) is 6.54 Å². The van der Waals surface area contributed by atoms with Gasteiger partial charge in [0.2, 0.25) is 5.91 Å². The van der Waals surface area contributed by atoms with E-state index in [0.717, 1.165) is 5.56 Å². The monoisotopic (exact) mass is 312 g/mol. The SMILES string of the molecule is CCNC(=O)[C@@H](C)NC(=O)C[NH2+][C@H](C)c1ccc(Cl)cc1. The van der Waals surface area contributed by atoms with E-state index in [0.29, 0.717) is 11.6 Å². The zero-order valence-corrected chi connectivity index (χ0v) is 13.4. The van der Waals surface area contributed by atoms with Crippen LogP contribution in [0.15, 0.2) is 24.3 Å². The molecule has 0 fully saturated rings. The molecule has 0 spiro atoms. The van der Waals surface area contributed by atoms with Crippen molar-refractivity contribution < 1.29 is 14.9 Å². The van der Waals surface area contributed by atoms with Gasteiger partial charge in [-0.25, -0.2) is 0 Å². The second kappa shape index (κ2) is 8.64. The van der Waals surface area contributed by atoms with E-state index >= 15 is 0 Å². The number of halogens is 1. The number of hydrogen-bond donors (Lipinski definition) is 3. The summed E-state index contributed by atoms with van der Waals surface area (Å²) in [5, 5.41) is 7.96. The predicted molar refractivity (Wildman–Crippen MR) is 82.9 cm³/mol. The number of amides is 2. The van der Waals surface area contributed by atoms with Gasteiger partial charge in [0.25, 0.3) is 5.91 Å². The van der Waals surface area contributed by atoms with Crippen LogP contribution >= 0.6 is 11.6 Å². The summed E-state index contributed by atoms with van der Waals surface area (Å²) in [5.74, 6) is -0.328. The van der Waals surface area contributed by atoms with Crippen LogP contribution in [0.1, 0.15) is 32.4 Å². The molecule has 116 valence electrons. The molecule has 21 heavy (non-hydrogen) atoms. The summed E-state index contributed by atoms with van der Waals surface area (Å²) in [4.78, 5) is 23.3. The predicted octanol–water partition coefficient (Wildman–Crippen LogP) is 0.605. The van der Waals surface area contributed by atoms with Crippen LogP contribution in [0.4, 0.5) is 0 Å². The van der Waals surface area contributed by atoms with Crippen molar-refractivity contribution in [1.29, 1.82) is 0 Å². The summed E-state index contributed by atoms with van der Waals surface area (Å²) in [5.41, 5.74) is 1.10. The quantitative estimate of drug-likeness (QED) is 0.690. The van der Waals surface area contributed by atoms with E-state index in [2.05, 4.69) is 10.6 Å². The highest BCUT2D eigenvalue weighted by molar-refractivity contribution is 6.30. The van der Waals surface area contributed by atoms with Crippen molar-refractivity contribution in [3.63, 3.8) is 0 Å². The maximum absolute atomic E-state index is 11.8. The third-order valence-corrected chi connectivity index (χ3v) is 3.43. The number of carbonyl (C=O) groups is 2. The van der Waals surface area contributed by atoms with Gasteiger partial charge in [-0.15, -0.1) is 0 Å². The normalized spacial score (nSPS) is 13.3. The Morgan fingerprint density at radius 1 is 1.24 bits per heavy atom. The van der Waals surface area contributed by atoms with Crippen LogP contribution < -0.4 is 16.0 Å². The van der Waals surface area contributed by atoms with E-state index in [1.54, 1.807) is 6.92 Å². The zero-order valence-electron chi connectivity index (χ0n) is 12.7. The molecule has 0 aromatic heterocycles. The fourth-order valence-electron chi connectivity index (χ4n) is 1.88. The van der Waals surface area contributed by atoms with Gasteiger partial charge in [-0.3, -0.25) is 9.59 Å². The molecule has 4 N–H and O–H groups in total. The van der Waals surface area contributed by atoms with Crippen molar-refractivity contribution in [3.8, 4) is 0 Å². The fourth-order valence-corrected chi connectivity index (χ4v) is 2.01. The number of carbonyl (C=O) groups excluding carboxylic acids is 2. The molecule has 0 saturated heterocycles. The second-order valence-electron chi connectivity index (χ2n) is 4.96. The molecular weight excluding hydrogens is 290 g/mol. The number of nitrogens with two attached hydrogens (primary N) is 1. The van der Waals surface area contributed by atoms with Gasteiger partial charge >= 0.3 is 0 Å². The maximum atomic E-state index is 11.8. The van der Waals surface area contributed by atoms with Crippen molar-refractivity contribution in [2.75, 3.05) is 13.1 Å². The van der Waals surface area contributed by atoms with E-state index in [9.17, 15) is 9.59 Å². The van der Waals surface area contributed by atoms with Crippen LogP contribution in [0.5, 0.6) is 0 Å². The minimum atomic E-state index is -0.517. The standard InChI is InChI=1S/C15H22ClN3O2/c1-4-17-15(21)11(3)19-14(20)9-18-10(2)12-5-7-13(16)8-6-12/h5-8,10-11,18H,4,9H2,1-3H3,(H,17,21)(H,19,20)/p+1/t10-,11-/m1/s1. The lowest BCUT2D eigenvalue weighted by Gasteiger charge is -2.14. The second-order valence-corrected chi connectivity index (χ2v) is 5.40. The summed E-state index contributed by atoms with van der Waals surface area (Å²) in [6.45, 7) is 6.36. The summed E-state index contributed by atoms with van der Waals surface area (Å²) in [6, 6.07) is 7.18. The summed E-state index contributed by atoms with van der Waals surface area (Å²) < 4.78 is 0. The number of benzene rings is 1. The number of hydrogen-bond acceptors (Lipinski definition) is 2. The molecule has 2 atom stereocenters. The minimum absolute atomic E-state index is 0.146. The van der Waals surface area contributed by atoms with Gasteiger partial charge in [-0.05, 0) is 32.9 Å². The first kappa shape index (κ1) is 17.5. The molecule has 0 saturated carbocycles. The Bertz CT molecular complexity index is 476. The summed E-state index contributed by atoms with van der Waals surface area (Å²) in [6.07, 6.45) is 0. The van der Waals surface area contributed by atoms with Crippen LogP contribution in [0, 0.1) is 0 Å². The molecule has 0 aliphatic rings. The number of likely N-dealkylation sites (N-methyl/N-ethyl adjacent to an activating group) is 1. The van der Waals surface area contributed by atoms with E-state index in [1.165, 1.54) is 0 Å². The molecule has 1 aromatic rings. The molecule has 1 rings (SSSR count). The van der Waals surface area contributed by atoms with Gasteiger partial charge in [-0.1, -0.05) is 23.7 Å². The Hall–Kier alpha value is -1.59. The molecule has 0 heterocycles. The minimum Gasteiger partial charge on any atom is -0.355 e. The van der Waals surface area contributed by atoms with Gasteiger partial charge in [0.05, 0.1) is 0 Å². The Balaban J connectivity index is 2.38. The molecule has 5 nitrogen and oxygen atoms in total. The highest BCUT2D eigenvalue weighted by Gasteiger charge is 2.17. The highest BCUT2D eigenvalue weighted by atomic mass is 35.5. The van der Waals surface area contributed by atoms with E-state index in [4.69, 9.17) is 11.6 Å². The van der Waals surface area contributed by atoms with Gasteiger partial charge in [0, 0.05) is 17.1 Å². The van der Waals surface area contributed by atoms with E-state index in [-0.39, 0.29) is 24.4 Å². The Morgan fingerprint density at radius 3 is 2.43 bits per heavy atom. The third kappa shape index (κ3) is 6.14. The Labute approximate surface area is 130 Å². The summed E-state index contributed by atoms with van der Waals surface area (Å²) >= 11 is 5.84. The average molecular weight is 313 g/mol. The lowest BCUT2D eigenvalue weighted by molar-refractivity contribution is -0.682. The number of rotatable bonds is 7. The average Bonchev–Trinajstić information content (AvgIpc) is 2.45. The van der Waals surface area contributed by atoms with Gasteiger partial charge < -0.3 is 16.0 Å². The molecule has 2 amide bonds. The van der Waals surface area contributed by atoms with Crippen LogP contribution in [-0.2, 0) is 9.59 Å². The van der Waals surface area contributed by atoms with Crippen LogP contribution in [0.3, 0.4) is 0 Å². The number of nitrogens with one attached hydrogen (secondary N) is 2. The van der Waals surface area contributed by atoms with Crippen molar-refractivity contribution >= 4 is 23.4 Å². The first-order valence-electron chi connectivity index (χ1n) is 7.10. The van der Waals surface area contributed by atoms with Gasteiger partial charge in [-0.2, -0.15) is 0 Å². The molecule has 0 aliphatic heterocycles. The first-order chi connectivity index (χ1) is 9.93. The third-order valence-electron chi connectivity index (χ3n) is 3.17. The molecule has 0 unspecified atom stereocenters. The van der Waals surface area contributed by atoms with Crippen molar-refractivity contribution in [2.45, 2.75) is 32.9 Å². The Kier molecular flexibility index (Phi) is 7.19. The maximum Gasteiger partial charge on any atom is 0.275 e. The molecule has 1 aromatic carbocycles. The Morgan fingerprint density at radius 2 is 1.86 bits per heavy atom. The van der Waals surface area contributed by atoms with Crippen molar-refractivity contribution in [2.24, 2.45) is 0 Å². The van der Waals surface area contributed by atoms with Crippen LogP contribution in [0.2, 0.25) is 5.02 Å². The lowest BCUT2D eigenvalue weighted by Crippen LogP contribution is -2.87. The zero-order chi connectivity index (χ0) is 15.8. The summed E-state index contributed by atoms with van der Waals surface area (Å²) in [7, 11) is 0. The van der Waals surface area contributed by atoms with Crippen molar-refractivity contribution in [1.82, 2.24) is 10.6 Å². The van der Waals surface area contributed by atoms with Crippen LogP contribution in [0.25, 0.3) is 0 Å². The topological polar surface area (TPSA) is 74.8 Å². The molecule has 0 bridgehead atoms.